The Labute approximate surface area is 148 Å². The fourth-order valence-corrected chi connectivity index (χ4v) is 2.69. The van der Waals surface area contributed by atoms with Crippen LogP contribution in [0.5, 0.6) is 11.5 Å². The molecule has 7 nitrogen and oxygen atoms in total. The van der Waals surface area contributed by atoms with Crippen LogP contribution in [-0.2, 0) is 11.2 Å². The third kappa shape index (κ3) is 5.92. The number of rotatable bonds is 8. The van der Waals surface area contributed by atoms with Crippen molar-refractivity contribution in [3.63, 3.8) is 0 Å². The molecule has 0 aliphatic carbocycles. The van der Waals surface area contributed by atoms with Crippen LogP contribution in [-0.4, -0.2) is 38.5 Å². The van der Waals surface area contributed by atoms with Crippen molar-refractivity contribution in [2.75, 3.05) is 20.3 Å². The molecule has 0 aliphatic rings. The molecular formula is C17H18N2O5S. The number of hydrogen-bond acceptors (Lipinski definition) is 6. The summed E-state index contributed by atoms with van der Waals surface area (Å²) in [5, 5.41) is 6.75. The molecule has 1 aromatic carbocycles. The lowest BCUT2D eigenvalue weighted by molar-refractivity contribution is -0.122. The Bertz CT molecular complexity index is 731. The zero-order chi connectivity index (χ0) is 18.1. The first-order valence-electron chi connectivity index (χ1n) is 7.48. The van der Waals surface area contributed by atoms with E-state index in [2.05, 4.69) is 10.6 Å². The molecule has 2 N–H and O–H groups in total. The number of carbonyl (C=O) groups is 3. The summed E-state index contributed by atoms with van der Waals surface area (Å²) in [5.74, 6) is 0.0503. The van der Waals surface area contributed by atoms with Crippen LogP contribution in [0, 0.1) is 0 Å². The Morgan fingerprint density at radius 2 is 2.08 bits per heavy atom. The molecule has 0 saturated carbocycles. The first kappa shape index (κ1) is 18.5. The van der Waals surface area contributed by atoms with Gasteiger partial charge in [0.2, 0.25) is 0 Å². The average Bonchev–Trinajstić information content (AvgIpc) is 3.13. The van der Waals surface area contributed by atoms with Crippen molar-refractivity contribution in [1.29, 1.82) is 0 Å². The highest BCUT2D eigenvalue weighted by Crippen LogP contribution is 2.27. The summed E-state index contributed by atoms with van der Waals surface area (Å²) >= 11 is 1.61. The molecular weight excluding hydrogens is 344 g/mol. The van der Waals surface area contributed by atoms with Gasteiger partial charge in [-0.2, -0.15) is 0 Å². The number of methoxy groups -OCH3 is 1. The summed E-state index contributed by atoms with van der Waals surface area (Å²) in [4.78, 5) is 35.3. The molecule has 0 atom stereocenters. The van der Waals surface area contributed by atoms with Gasteiger partial charge in [-0.15, -0.1) is 11.3 Å². The van der Waals surface area contributed by atoms with Crippen molar-refractivity contribution >= 4 is 29.6 Å². The van der Waals surface area contributed by atoms with Gasteiger partial charge < -0.3 is 14.8 Å². The van der Waals surface area contributed by atoms with E-state index in [1.54, 1.807) is 17.4 Å². The van der Waals surface area contributed by atoms with Crippen LogP contribution in [0.25, 0.3) is 0 Å². The van der Waals surface area contributed by atoms with Gasteiger partial charge in [0.1, 0.15) is 6.29 Å². The van der Waals surface area contributed by atoms with E-state index in [0.717, 1.165) is 4.88 Å². The van der Waals surface area contributed by atoms with Crippen LogP contribution in [0.15, 0.2) is 35.7 Å². The van der Waals surface area contributed by atoms with Crippen LogP contribution in [0.3, 0.4) is 0 Å². The van der Waals surface area contributed by atoms with E-state index < -0.39 is 11.9 Å². The highest BCUT2D eigenvalue weighted by atomic mass is 32.1. The molecule has 2 rings (SSSR count). The minimum atomic E-state index is -0.588. The number of thiophene rings is 1. The van der Waals surface area contributed by atoms with Gasteiger partial charge in [0.25, 0.3) is 5.91 Å². The molecule has 0 spiro atoms. The Balaban J connectivity index is 1.74. The van der Waals surface area contributed by atoms with E-state index in [1.165, 1.54) is 19.2 Å². The number of hydrogen-bond donors (Lipinski definition) is 2. The maximum absolute atomic E-state index is 11.7. The van der Waals surface area contributed by atoms with Gasteiger partial charge in [0.15, 0.2) is 18.1 Å². The number of urea groups is 1. The van der Waals surface area contributed by atoms with E-state index in [9.17, 15) is 14.4 Å². The molecule has 8 heteroatoms. The van der Waals surface area contributed by atoms with E-state index in [1.807, 2.05) is 17.5 Å². The van der Waals surface area contributed by atoms with Gasteiger partial charge in [-0.1, -0.05) is 6.07 Å². The smallest absolute Gasteiger partial charge is 0.321 e. The number of benzene rings is 1. The van der Waals surface area contributed by atoms with Crippen LogP contribution < -0.4 is 20.1 Å². The van der Waals surface area contributed by atoms with Crippen molar-refractivity contribution < 1.29 is 23.9 Å². The molecule has 1 heterocycles. The molecule has 0 unspecified atom stereocenters. The molecule has 3 amide bonds. The third-order valence-corrected chi connectivity index (χ3v) is 4.11. The monoisotopic (exact) mass is 362 g/mol. The molecule has 2 aromatic rings. The third-order valence-electron chi connectivity index (χ3n) is 3.17. The normalized spacial score (nSPS) is 9.96. The first-order chi connectivity index (χ1) is 12.1. The van der Waals surface area contributed by atoms with Crippen molar-refractivity contribution in [3.8, 4) is 11.5 Å². The average molecular weight is 362 g/mol. The molecule has 0 saturated heterocycles. The number of aldehydes is 1. The number of imide groups is 1. The van der Waals surface area contributed by atoms with Crippen molar-refractivity contribution in [1.82, 2.24) is 10.6 Å². The molecule has 0 fully saturated rings. The fourth-order valence-electron chi connectivity index (χ4n) is 1.98. The summed E-state index contributed by atoms with van der Waals surface area (Å²) in [6.07, 6.45) is 1.38. The summed E-state index contributed by atoms with van der Waals surface area (Å²) in [6, 6.07) is 7.91. The topological polar surface area (TPSA) is 93.7 Å². The molecule has 25 heavy (non-hydrogen) atoms. The van der Waals surface area contributed by atoms with Crippen LogP contribution in [0.4, 0.5) is 4.79 Å². The lowest BCUT2D eigenvalue weighted by atomic mass is 10.2. The van der Waals surface area contributed by atoms with E-state index >= 15 is 0 Å². The van der Waals surface area contributed by atoms with Gasteiger partial charge in [-0.05, 0) is 36.1 Å². The largest absolute Gasteiger partial charge is 0.493 e. The lowest BCUT2D eigenvalue weighted by Gasteiger charge is -2.11. The highest BCUT2D eigenvalue weighted by molar-refractivity contribution is 7.09. The predicted octanol–water partition coefficient (Wildman–Crippen LogP) is 2.02. The maximum Gasteiger partial charge on any atom is 0.321 e. The minimum absolute atomic E-state index is 0.307. The SMILES string of the molecule is COc1cc(C=O)ccc1OCC(=O)NC(=O)NCCc1cccs1. The molecule has 0 aliphatic heterocycles. The predicted molar refractivity (Wildman–Crippen MR) is 93.4 cm³/mol. The fraction of sp³-hybridized carbons (Fsp3) is 0.235. The summed E-state index contributed by atoms with van der Waals surface area (Å²) in [6.45, 7) is 0.0800. The Morgan fingerprint density at radius 3 is 2.76 bits per heavy atom. The Morgan fingerprint density at radius 1 is 1.24 bits per heavy atom. The maximum atomic E-state index is 11.7. The van der Waals surface area contributed by atoms with Gasteiger partial charge in [0, 0.05) is 17.0 Å². The molecule has 1 aromatic heterocycles. The molecule has 0 radical (unpaired) electrons. The summed E-state index contributed by atoms with van der Waals surface area (Å²) in [7, 11) is 1.43. The molecule has 0 bridgehead atoms. The van der Waals surface area contributed by atoms with Crippen molar-refractivity contribution in [2.24, 2.45) is 0 Å². The van der Waals surface area contributed by atoms with Crippen LogP contribution in [0.1, 0.15) is 15.2 Å². The highest BCUT2D eigenvalue weighted by Gasteiger charge is 2.11. The van der Waals surface area contributed by atoms with E-state index in [4.69, 9.17) is 9.47 Å². The second-order valence-electron chi connectivity index (χ2n) is 4.95. The van der Waals surface area contributed by atoms with Gasteiger partial charge in [-0.3, -0.25) is 14.9 Å². The number of amides is 3. The summed E-state index contributed by atoms with van der Waals surface area (Å²) in [5.41, 5.74) is 0.429. The van der Waals surface area contributed by atoms with E-state index in [-0.39, 0.29) is 6.61 Å². The van der Waals surface area contributed by atoms with Gasteiger partial charge >= 0.3 is 6.03 Å². The second-order valence-corrected chi connectivity index (χ2v) is 5.98. The number of ether oxygens (including phenoxy) is 2. The second kappa shape index (κ2) is 9.43. The first-order valence-corrected chi connectivity index (χ1v) is 8.36. The van der Waals surface area contributed by atoms with Gasteiger partial charge in [-0.25, -0.2) is 4.79 Å². The summed E-state index contributed by atoms with van der Waals surface area (Å²) < 4.78 is 10.4. The zero-order valence-electron chi connectivity index (χ0n) is 13.6. The standard InChI is InChI=1S/C17H18N2O5S/c1-23-15-9-12(10-20)4-5-14(15)24-11-16(21)19-17(22)18-7-6-13-3-2-8-25-13/h2-5,8-10H,6-7,11H2,1H3,(H2,18,19,21,22). The van der Waals surface area contributed by atoms with Crippen molar-refractivity contribution in [3.05, 3.63) is 46.2 Å². The zero-order valence-corrected chi connectivity index (χ0v) is 14.4. The number of carbonyl (C=O) groups excluding carboxylic acids is 3. The Hall–Kier alpha value is -2.87. The quantitative estimate of drug-likeness (QED) is 0.701. The van der Waals surface area contributed by atoms with Gasteiger partial charge in [0.05, 0.1) is 7.11 Å². The van der Waals surface area contributed by atoms with Crippen LogP contribution in [0.2, 0.25) is 0 Å². The van der Waals surface area contributed by atoms with Crippen LogP contribution >= 0.6 is 11.3 Å². The lowest BCUT2D eigenvalue weighted by Crippen LogP contribution is -2.42. The number of nitrogens with one attached hydrogen (secondary N) is 2. The van der Waals surface area contributed by atoms with Crippen molar-refractivity contribution in [2.45, 2.75) is 6.42 Å². The minimum Gasteiger partial charge on any atom is -0.493 e. The van der Waals surface area contributed by atoms with E-state index in [0.29, 0.717) is 36.3 Å². The Kier molecular flexibility index (Phi) is 6.97. The molecule has 132 valence electrons.